The number of aryl methyl sites for hydroxylation is 1. The van der Waals surface area contributed by atoms with Crippen LogP contribution in [0.4, 0.5) is 5.69 Å². The van der Waals surface area contributed by atoms with Crippen molar-refractivity contribution in [3.63, 3.8) is 0 Å². The Kier molecular flexibility index (Phi) is 3.90. The third kappa shape index (κ3) is 3.22. The molecule has 0 saturated carbocycles. The second-order valence-corrected chi connectivity index (χ2v) is 6.80. The molecule has 5 nitrogen and oxygen atoms in total. The van der Waals surface area contributed by atoms with Crippen LogP contribution in [-0.4, -0.2) is 19.9 Å². The molecule has 21 heavy (non-hydrogen) atoms. The SMILES string of the molecule is O=S(=O)(NCc1ccncc1)c1ccc2c(c1)CCCN2. The van der Waals surface area contributed by atoms with E-state index in [4.69, 9.17) is 0 Å². The predicted molar refractivity (Wildman–Crippen MR) is 81.5 cm³/mol. The maximum absolute atomic E-state index is 12.3. The van der Waals surface area contributed by atoms with E-state index in [1.165, 1.54) is 0 Å². The van der Waals surface area contributed by atoms with Crippen LogP contribution in [0, 0.1) is 0 Å². The molecule has 6 heteroatoms. The van der Waals surface area contributed by atoms with Crippen molar-refractivity contribution < 1.29 is 8.42 Å². The number of nitrogens with one attached hydrogen (secondary N) is 2. The maximum Gasteiger partial charge on any atom is 0.240 e. The molecule has 1 aliphatic heterocycles. The lowest BCUT2D eigenvalue weighted by Gasteiger charge is -2.18. The minimum Gasteiger partial charge on any atom is -0.385 e. The summed E-state index contributed by atoms with van der Waals surface area (Å²) < 4.78 is 27.3. The van der Waals surface area contributed by atoms with E-state index in [1.54, 1.807) is 36.7 Å². The first-order chi connectivity index (χ1) is 10.1. The lowest BCUT2D eigenvalue weighted by atomic mass is 10.0. The summed E-state index contributed by atoms with van der Waals surface area (Å²) in [6.07, 6.45) is 5.24. The van der Waals surface area contributed by atoms with Crippen molar-refractivity contribution in [3.8, 4) is 0 Å². The van der Waals surface area contributed by atoms with Gasteiger partial charge in [0.2, 0.25) is 10.0 Å². The minimum atomic E-state index is -3.49. The van der Waals surface area contributed by atoms with Crippen LogP contribution in [0.3, 0.4) is 0 Å². The van der Waals surface area contributed by atoms with Crippen molar-refractivity contribution in [1.29, 1.82) is 0 Å². The molecular formula is C15H17N3O2S. The number of hydrogen-bond acceptors (Lipinski definition) is 4. The van der Waals surface area contributed by atoms with Gasteiger partial charge in [0, 0.05) is 31.2 Å². The topological polar surface area (TPSA) is 71.1 Å². The first kappa shape index (κ1) is 14.0. The Hall–Kier alpha value is -1.92. The van der Waals surface area contributed by atoms with Gasteiger partial charge in [-0.2, -0.15) is 0 Å². The van der Waals surface area contributed by atoms with Gasteiger partial charge in [-0.3, -0.25) is 4.98 Å². The van der Waals surface area contributed by atoms with E-state index >= 15 is 0 Å². The van der Waals surface area contributed by atoms with Crippen LogP contribution < -0.4 is 10.0 Å². The predicted octanol–water partition coefficient (Wildman–Crippen LogP) is 1.92. The number of nitrogens with zero attached hydrogens (tertiary/aromatic N) is 1. The smallest absolute Gasteiger partial charge is 0.240 e. The summed E-state index contributed by atoms with van der Waals surface area (Å²) in [5, 5.41) is 3.28. The molecule has 0 spiro atoms. The number of anilines is 1. The Labute approximate surface area is 124 Å². The summed E-state index contributed by atoms with van der Waals surface area (Å²) in [4.78, 5) is 4.23. The summed E-state index contributed by atoms with van der Waals surface area (Å²) in [6.45, 7) is 1.21. The Morgan fingerprint density at radius 3 is 2.81 bits per heavy atom. The van der Waals surface area contributed by atoms with Crippen LogP contribution in [0.25, 0.3) is 0 Å². The standard InChI is InChI=1S/C15H17N3O2S/c19-21(20,18-11-12-5-8-16-9-6-12)14-3-4-15-13(10-14)2-1-7-17-15/h3-6,8-10,17-18H,1-2,7,11H2. The van der Waals surface area contributed by atoms with Crippen molar-refractivity contribution in [3.05, 3.63) is 53.9 Å². The van der Waals surface area contributed by atoms with E-state index in [0.717, 1.165) is 36.2 Å². The van der Waals surface area contributed by atoms with Crippen LogP contribution in [0.15, 0.2) is 47.6 Å². The second-order valence-electron chi connectivity index (χ2n) is 5.03. The van der Waals surface area contributed by atoms with Crippen molar-refractivity contribution in [2.75, 3.05) is 11.9 Å². The van der Waals surface area contributed by atoms with Gasteiger partial charge in [-0.05, 0) is 54.3 Å². The van der Waals surface area contributed by atoms with E-state index in [1.807, 2.05) is 6.07 Å². The number of hydrogen-bond donors (Lipinski definition) is 2. The number of aromatic nitrogens is 1. The van der Waals surface area contributed by atoms with E-state index in [0.29, 0.717) is 4.90 Å². The molecule has 2 heterocycles. The van der Waals surface area contributed by atoms with Gasteiger partial charge in [0.15, 0.2) is 0 Å². The van der Waals surface area contributed by atoms with Crippen LogP contribution >= 0.6 is 0 Å². The van der Waals surface area contributed by atoms with E-state index < -0.39 is 10.0 Å². The van der Waals surface area contributed by atoms with Crippen LogP contribution in [0.5, 0.6) is 0 Å². The monoisotopic (exact) mass is 303 g/mol. The summed E-state index contributed by atoms with van der Waals surface area (Å²) >= 11 is 0. The van der Waals surface area contributed by atoms with Crippen molar-refractivity contribution >= 4 is 15.7 Å². The lowest BCUT2D eigenvalue weighted by molar-refractivity contribution is 0.581. The minimum absolute atomic E-state index is 0.264. The van der Waals surface area contributed by atoms with Gasteiger partial charge in [-0.15, -0.1) is 0 Å². The summed E-state index contributed by atoms with van der Waals surface area (Å²) in [7, 11) is -3.49. The molecule has 110 valence electrons. The molecule has 0 fully saturated rings. The zero-order valence-electron chi connectivity index (χ0n) is 11.5. The molecule has 3 rings (SSSR count). The Morgan fingerprint density at radius 2 is 2.00 bits per heavy atom. The fraction of sp³-hybridized carbons (Fsp3) is 0.267. The molecule has 0 amide bonds. The second kappa shape index (κ2) is 5.83. The highest BCUT2D eigenvalue weighted by Crippen LogP contribution is 2.24. The van der Waals surface area contributed by atoms with Crippen molar-refractivity contribution in [2.45, 2.75) is 24.3 Å². The molecule has 2 N–H and O–H groups in total. The molecule has 0 atom stereocenters. The van der Waals surface area contributed by atoms with Gasteiger partial charge in [0.25, 0.3) is 0 Å². The zero-order valence-corrected chi connectivity index (χ0v) is 12.4. The third-order valence-corrected chi connectivity index (χ3v) is 4.94. The molecule has 0 radical (unpaired) electrons. The number of rotatable bonds is 4. The average molecular weight is 303 g/mol. The van der Waals surface area contributed by atoms with Gasteiger partial charge in [-0.25, -0.2) is 13.1 Å². The van der Waals surface area contributed by atoms with Gasteiger partial charge in [0.1, 0.15) is 0 Å². The van der Waals surface area contributed by atoms with Crippen LogP contribution in [0.1, 0.15) is 17.5 Å². The fourth-order valence-corrected chi connectivity index (χ4v) is 3.45. The molecule has 0 bridgehead atoms. The molecule has 2 aromatic rings. The molecule has 0 saturated heterocycles. The highest BCUT2D eigenvalue weighted by molar-refractivity contribution is 7.89. The first-order valence-electron chi connectivity index (χ1n) is 6.90. The molecular weight excluding hydrogens is 286 g/mol. The maximum atomic E-state index is 12.3. The van der Waals surface area contributed by atoms with Gasteiger partial charge >= 0.3 is 0 Å². The Morgan fingerprint density at radius 1 is 1.19 bits per heavy atom. The first-order valence-corrected chi connectivity index (χ1v) is 8.39. The van der Waals surface area contributed by atoms with Crippen molar-refractivity contribution in [2.24, 2.45) is 0 Å². The average Bonchev–Trinajstić information content (AvgIpc) is 2.53. The van der Waals surface area contributed by atoms with E-state index in [9.17, 15) is 8.42 Å². The number of sulfonamides is 1. The third-order valence-electron chi connectivity index (χ3n) is 3.54. The highest BCUT2D eigenvalue weighted by atomic mass is 32.2. The molecule has 0 unspecified atom stereocenters. The fourth-order valence-electron chi connectivity index (χ4n) is 2.38. The Balaban J connectivity index is 1.78. The number of fused-ring (bicyclic) bond motifs is 1. The number of benzene rings is 1. The van der Waals surface area contributed by atoms with Gasteiger partial charge in [-0.1, -0.05) is 0 Å². The Bertz CT molecular complexity index is 730. The molecule has 1 aliphatic rings. The van der Waals surface area contributed by atoms with Crippen LogP contribution in [0.2, 0.25) is 0 Å². The number of pyridine rings is 1. The van der Waals surface area contributed by atoms with E-state index in [-0.39, 0.29) is 6.54 Å². The summed E-state index contributed by atoms with van der Waals surface area (Å²) in [6, 6.07) is 8.83. The molecule has 1 aromatic heterocycles. The normalized spacial score (nSPS) is 14.3. The van der Waals surface area contributed by atoms with Crippen LogP contribution in [-0.2, 0) is 23.0 Å². The van der Waals surface area contributed by atoms with Gasteiger partial charge in [0.05, 0.1) is 4.90 Å². The molecule has 1 aromatic carbocycles. The quantitative estimate of drug-likeness (QED) is 0.905. The zero-order chi connectivity index (χ0) is 14.7. The summed E-state index contributed by atoms with van der Waals surface area (Å²) in [5.41, 5.74) is 2.98. The molecule has 0 aliphatic carbocycles. The lowest BCUT2D eigenvalue weighted by Crippen LogP contribution is -2.23. The largest absolute Gasteiger partial charge is 0.385 e. The van der Waals surface area contributed by atoms with Crippen molar-refractivity contribution in [1.82, 2.24) is 9.71 Å². The summed E-state index contributed by atoms with van der Waals surface area (Å²) in [5.74, 6) is 0. The van der Waals surface area contributed by atoms with Gasteiger partial charge < -0.3 is 5.32 Å². The van der Waals surface area contributed by atoms with E-state index in [2.05, 4.69) is 15.0 Å². The highest BCUT2D eigenvalue weighted by Gasteiger charge is 2.17.